The Labute approximate surface area is 74.7 Å². The lowest BCUT2D eigenvalue weighted by Crippen LogP contribution is -2.34. The average Bonchev–Trinajstić information content (AvgIpc) is 2.11. The van der Waals surface area contributed by atoms with E-state index in [2.05, 4.69) is 19.1 Å². The van der Waals surface area contributed by atoms with Crippen LogP contribution in [0.1, 0.15) is 27.2 Å². The molecule has 0 fully saturated rings. The van der Waals surface area contributed by atoms with Crippen LogP contribution in [0.25, 0.3) is 0 Å². The smallest absolute Gasteiger partial charge is 0.0807 e. The molecule has 0 rings (SSSR count). The van der Waals surface area contributed by atoms with Gasteiger partial charge in [-0.15, -0.1) is 0 Å². The minimum atomic E-state index is 0.358. The van der Waals surface area contributed by atoms with Crippen LogP contribution in [0.2, 0.25) is 0 Å². The molecule has 0 heterocycles. The van der Waals surface area contributed by atoms with Crippen LogP contribution in [0, 0.1) is 0 Å². The minimum Gasteiger partial charge on any atom is -0.313 e. The van der Waals surface area contributed by atoms with Gasteiger partial charge in [-0.2, -0.15) is 0 Å². The monoisotopic (exact) mass is 169 g/mol. The normalized spacial score (nSPS) is 13.4. The lowest BCUT2D eigenvalue weighted by atomic mass is 10.2. The molecular weight excluding hydrogens is 150 g/mol. The van der Waals surface area contributed by atoms with Crippen molar-refractivity contribution >= 4 is 0 Å². The van der Waals surface area contributed by atoms with Crippen molar-refractivity contribution in [3.8, 4) is 0 Å². The zero-order chi connectivity index (χ0) is 9.56. The van der Waals surface area contributed by atoms with Crippen molar-refractivity contribution < 1.29 is 0 Å². The fraction of sp³-hybridized carbons (Fsp3) is 0.556. The standard InChI is InChI=1S/C9H19N3/c1-4-8(2)5-6-9(3)12(11)7-10/h4,6H,5,7,10-11H2,1-3H3. The van der Waals surface area contributed by atoms with E-state index < -0.39 is 0 Å². The van der Waals surface area contributed by atoms with Gasteiger partial charge in [0.25, 0.3) is 0 Å². The van der Waals surface area contributed by atoms with Crippen LogP contribution in [-0.2, 0) is 0 Å². The van der Waals surface area contributed by atoms with Crippen molar-refractivity contribution in [3.05, 3.63) is 23.4 Å². The lowest BCUT2D eigenvalue weighted by Gasteiger charge is -2.16. The van der Waals surface area contributed by atoms with E-state index >= 15 is 0 Å². The van der Waals surface area contributed by atoms with Crippen molar-refractivity contribution in [2.45, 2.75) is 27.2 Å². The van der Waals surface area contributed by atoms with Gasteiger partial charge in [0.1, 0.15) is 0 Å². The summed E-state index contributed by atoms with van der Waals surface area (Å²) in [7, 11) is 0. The molecule has 0 aliphatic heterocycles. The van der Waals surface area contributed by atoms with E-state index in [0.29, 0.717) is 6.67 Å². The van der Waals surface area contributed by atoms with Crippen LogP contribution in [0.4, 0.5) is 0 Å². The first-order valence-electron chi connectivity index (χ1n) is 4.12. The van der Waals surface area contributed by atoms with Gasteiger partial charge in [0.05, 0.1) is 6.67 Å². The predicted octanol–water partition coefficient (Wildman–Crippen LogP) is 1.34. The van der Waals surface area contributed by atoms with E-state index in [1.54, 1.807) is 0 Å². The highest BCUT2D eigenvalue weighted by atomic mass is 15.4. The second-order valence-electron chi connectivity index (χ2n) is 2.84. The van der Waals surface area contributed by atoms with Crippen LogP contribution >= 0.6 is 0 Å². The van der Waals surface area contributed by atoms with Gasteiger partial charge < -0.3 is 10.7 Å². The van der Waals surface area contributed by atoms with Crippen LogP contribution in [0.15, 0.2) is 23.4 Å². The second kappa shape index (κ2) is 5.80. The molecule has 0 unspecified atom stereocenters. The summed E-state index contributed by atoms with van der Waals surface area (Å²) in [6.45, 7) is 6.43. The first-order valence-corrected chi connectivity index (χ1v) is 4.12. The Kier molecular flexibility index (Phi) is 5.41. The number of hydrogen-bond donors (Lipinski definition) is 2. The third-order valence-electron chi connectivity index (χ3n) is 1.86. The van der Waals surface area contributed by atoms with Crippen LogP contribution in [-0.4, -0.2) is 11.7 Å². The first-order chi connectivity index (χ1) is 5.61. The third kappa shape index (κ3) is 4.16. The first kappa shape index (κ1) is 11.2. The molecule has 3 heteroatoms. The molecule has 0 aromatic rings. The van der Waals surface area contributed by atoms with Gasteiger partial charge in [0.2, 0.25) is 0 Å². The Morgan fingerprint density at radius 1 is 1.42 bits per heavy atom. The molecule has 0 saturated carbocycles. The molecule has 4 N–H and O–H groups in total. The highest BCUT2D eigenvalue weighted by molar-refractivity contribution is 5.06. The summed E-state index contributed by atoms with van der Waals surface area (Å²) in [5.41, 5.74) is 7.70. The summed E-state index contributed by atoms with van der Waals surface area (Å²) in [5, 5.41) is 1.53. The molecule has 0 amide bonds. The molecule has 0 aromatic carbocycles. The van der Waals surface area contributed by atoms with E-state index in [9.17, 15) is 0 Å². The van der Waals surface area contributed by atoms with Crippen molar-refractivity contribution in [3.63, 3.8) is 0 Å². The van der Waals surface area contributed by atoms with Gasteiger partial charge in [-0.25, -0.2) is 5.84 Å². The zero-order valence-corrected chi connectivity index (χ0v) is 8.17. The zero-order valence-electron chi connectivity index (χ0n) is 8.17. The number of hydrazine groups is 1. The minimum absolute atomic E-state index is 0.358. The van der Waals surface area contributed by atoms with Gasteiger partial charge in [-0.1, -0.05) is 17.7 Å². The van der Waals surface area contributed by atoms with E-state index in [1.807, 2.05) is 13.8 Å². The van der Waals surface area contributed by atoms with Crippen molar-refractivity contribution in [1.29, 1.82) is 0 Å². The second-order valence-corrected chi connectivity index (χ2v) is 2.84. The van der Waals surface area contributed by atoms with Crippen LogP contribution in [0.3, 0.4) is 0 Å². The number of hydrogen-bond acceptors (Lipinski definition) is 3. The van der Waals surface area contributed by atoms with Crippen LogP contribution in [0.5, 0.6) is 0 Å². The molecule has 0 bridgehead atoms. The number of nitrogens with zero attached hydrogens (tertiary/aromatic N) is 1. The van der Waals surface area contributed by atoms with E-state index in [-0.39, 0.29) is 0 Å². The Morgan fingerprint density at radius 3 is 2.42 bits per heavy atom. The number of allylic oxidation sites excluding steroid dienone is 4. The Balaban J connectivity index is 4.00. The quantitative estimate of drug-likeness (QED) is 0.289. The fourth-order valence-corrected chi connectivity index (χ4v) is 0.688. The Hall–Kier alpha value is -0.800. The molecule has 0 aliphatic carbocycles. The molecule has 0 saturated heterocycles. The largest absolute Gasteiger partial charge is 0.313 e. The Morgan fingerprint density at radius 2 is 2.00 bits per heavy atom. The highest BCUT2D eigenvalue weighted by Gasteiger charge is 1.94. The van der Waals surface area contributed by atoms with Crippen LogP contribution < -0.4 is 11.6 Å². The Bertz CT molecular complexity index is 182. The number of nitrogens with two attached hydrogens (primary N) is 2. The van der Waals surface area contributed by atoms with Gasteiger partial charge in [-0.3, -0.25) is 0 Å². The van der Waals surface area contributed by atoms with Crippen molar-refractivity contribution in [1.82, 2.24) is 5.01 Å². The summed E-state index contributed by atoms with van der Waals surface area (Å²) < 4.78 is 0. The maximum Gasteiger partial charge on any atom is 0.0807 e. The van der Waals surface area contributed by atoms with Gasteiger partial charge in [0.15, 0.2) is 0 Å². The molecule has 0 spiro atoms. The van der Waals surface area contributed by atoms with E-state index in [1.165, 1.54) is 10.6 Å². The highest BCUT2D eigenvalue weighted by Crippen LogP contribution is 2.04. The molecule has 0 aliphatic rings. The van der Waals surface area contributed by atoms with Gasteiger partial charge >= 0.3 is 0 Å². The topological polar surface area (TPSA) is 55.3 Å². The van der Waals surface area contributed by atoms with Gasteiger partial charge in [0, 0.05) is 5.70 Å². The molecule has 0 atom stereocenters. The molecular formula is C9H19N3. The van der Waals surface area contributed by atoms with E-state index in [0.717, 1.165) is 12.1 Å². The lowest BCUT2D eigenvalue weighted by molar-refractivity contribution is 0.370. The molecule has 12 heavy (non-hydrogen) atoms. The summed E-state index contributed by atoms with van der Waals surface area (Å²) in [6.07, 6.45) is 5.10. The molecule has 70 valence electrons. The third-order valence-corrected chi connectivity index (χ3v) is 1.86. The van der Waals surface area contributed by atoms with Crippen molar-refractivity contribution in [2.75, 3.05) is 6.67 Å². The number of rotatable bonds is 4. The summed E-state index contributed by atoms with van der Waals surface area (Å²) in [4.78, 5) is 0. The summed E-state index contributed by atoms with van der Waals surface area (Å²) in [5.74, 6) is 5.56. The molecule has 0 radical (unpaired) electrons. The maximum atomic E-state index is 5.56. The predicted molar refractivity (Wildman–Crippen MR) is 52.9 cm³/mol. The van der Waals surface area contributed by atoms with E-state index in [4.69, 9.17) is 11.6 Å². The SMILES string of the molecule is CC=C(C)CC=C(C)N(N)CN. The molecule has 3 nitrogen and oxygen atoms in total. The maximum absolute atomic E-state index is 5.56. The average molecular weight is 169 g/mol. The summed E-state index contributed by atoms with van der Waals surface area (Å²) in [6, 6.07) is 0. The summed E-state index contributed by atoms with van der Waals surface area (Å²) >= 11 is 0. The fourth-order valence-electron chi connectivity index (χ4n) is 0.688. The van der Waals surface area contributed by atoms with Crippen molar-refractivity contribution in [2.24, 2.45) is 11.6 Å². The molecule has 0 aromatic heterocycles. The van der Waals surface area contributed by atoms with Gasteiger partial charge in [-0.05, 0) is 27.2 Å².